The summed E-state index contributed by atoms with van der Waals surface area (Å²) in [5.41, 5.74) is 1.03. The van der Waals surface area contributed by atoms with E-state index < -0.39 is 38.5 Å². The van der Waals surface area contributed by atoms with E-state index in [4.69, 9.17) is 24.0 Å². The molecule has 0 saturated carbocycles. The van der Waals surface area contributed by atoms with Gasteiger partial charge in [0.2, 0.25) is 0 Å². The topological polar surface area (TPSA) is 173 Å². The van der Waals surface area contributed by atoms with E-state index in [-0.39, 0.29) is 6.61 Å². The van der Waals surface area contributed by atoms with Gasteiger partial charge in [0.15, 0.2) is 23.2 Å². The van der Waals surface area contributed by atoms with Crippen molar-refractivity contribution in [2.24, 2.45) is 5.92 Å². The highest BCUT2D eigenvalue weighted by atomic mass is 31.2. The predicted octanol–water partition coefficient (Wildman–Crippen LogP) is -0.231. The van der Waals surface area contributed by atoms with Crippen molar-refractivity contribution in [2.45, 2.75) is 44.3 Å². The maximum absolute atomic E-state index is 11.0. The first-order chi connectivity index (χ1) is 15.7. The first-order valence-corrected chi connectivity index (χ1v) is 12.6. The van der Waals surface area contributed by atoms with Gasteiger partial charge >= 0.3 is 7.60 Å². The zero-order chi connectivity index (χ0) is 23.8. The van der Waals surface area contributed by atoms with Crippen LogP contribution in [0.5, 0.6) is 0 Å². The van der Waals surface area contributed by atoms with Crippen LogP contribution in [0.25, 0.3) is 11.2 Å². The summed E-state index contributed by atoms with van der Waals surface area (Å²) in [4.78, 5) is 33.6. The molecule has 2 fully saturated rings. The van der Waals surface area contributed by atoms with E-state index in [9.17, 15) is 14.8 Å². The summed E-state index contributed by atoms with van der Waals surface area (Å²) < 4.78 is 28.5. The summed E-state index contributed by atoms with van der Waals surface area (Å²) in [5, 5.41) is 21.0. The van der Waals surface area contributed by atoms with E-state index in [1.165, 1.54) is 6.33 Å². The summed E-state index contributed by atoms with van der Waals surface area (Å²) in [6.45, 7) is 3.85. The van der Waals surface area contributed by atoms with Crippen LogP contribution in [0.1, 0.15) is 24.9 Å². The number of aromatic nitrogens is 4. The van der Waals surface area contributed by atoms with Crippen molar-refractivity contribution >= 4 is 24.6 Å². The molecule has 2 aliphatic rings. The van der Waals surface area contributed by atoms with Crippen LogP contribution in [0.15, 0.2) is 6.33 Å². The standard InChI is InChI=1S/C19H30N5O8P/c1-11-21-17(23-5-3-12(4-6-23)7-30-2)14-18(22-11)24(9-20-14)19-16(26)15(25)13(32-19)8-31-10-33(27,28)29/h9,12-13,15-16,19,25-26H,3-8,10H2,1-2H3,(H2,27,28,29)/t13-,15-,16-,19-/m1/s1. The van der Waals surface area contributed by atoms with Crippen LogP contribution in [-0.2, 0) is 18.8 Å². The number of hydrogen-bond acceptors (Lipinski definition) is 10. The summed E-state index contributed by atoms with van der Waals surface area (Å²) in [6.07, 6.45) is -1.96. The van der Waals surface area contributed by atoms with Gasteiger partial charge in [-0.25, -0.2) is 15.0 Å². The van der Waals surface area contributed by atoms with Crippen molar-refractivity contribution < 1.29 is 38.8 Å². The highest BCUT2D eigenvalue weighted by Gasteiger charge is 2.44. The molecule has 0 unspecified atom stereocenters. The van der Waals surface area contributed by atoms with Crippen LogP contribution in [0, 0.1) is 12.8 Å². The Balaban J connectivity index is 1.54. The minimum atomic E-state index is -4.35. The van der Waals surface area contributed by atoms with E-state index in [0.717, 1.165) is 32.5 Å². The summed E-state index contributed by atoms with van der Waals surface area (Å²) in [7, 11) is -2.64. The fourth-order valence-electron chi connectivity index (χ4n) is 4.35. The molecule has 4 rings (SSSR count). The zero-order valence-corrected chi connectivity index (χ0v) is 19.4. The summed E-state index contributed by atoms with van der Waals surface area (Å²) >= 11 is 0. The number of rotatable bonds is 8. The predicted molar refractivity (Wildman–Crippen MR) is 116 cm³/mol. The van der Waals surface area contributed by atoms with E-state index >= 15 is 0 Å². The number of imidazole rings is 1. The van der Waals surface area contributed by atoms with Crippen LogP contribution in [0.4, 0.5) is 5.82 Å². The van der Waals surface area contributed by atoms with Gasteiger partial charge in [-0.3, -0.25) is 9.13 Å². The highest BCUT2D eigenvalue weighted by Crippen LogP contribution is 2.36. The minimum absolute atomic E-state index is 0.290. The average Bonchev–Trinajstić information content (AvgIpc) is 3.29. The Bertz CT molecular complexity index is 1010. The number of piperidine rings is 1. The van der Waals surface area contributed by atoms with Crippen LogP contribution < -0.4 is 4.90 Å². The molecule has 4 atom stereocenters. The van der Waals surface area contributed by atoms with Gasteiger partial charge in [0.05, 0.1) is 12.9 Å². The lowest BCUT2D eigenvalue weighted by Gasteiger charge is -2.32. The Morgan fingerprint density at radius 1 is 1.18 bits per heavy atom. The molecule has 0 aromatic carbocycles. The molecule has 0 bridgehead atoms. The fraction of sp³-hybridized carbons (Fsp3) is 0.737. The largest absolute Gasteiger partial charge is 0.387 e. The van der Waals surface area contributed by atoms with Crippen molar-refractivity contribution in [1.82, 2.24) is 19.5 Å². The molecule has 2 aromatic heterocycles. The number of aryl methyl sites for hydroxylation is 1. The molecule has 4 heterocycles. The maximum Gasteiger partial charge on any atom is 0.350 e. The minimum Gasteiger partial charge on any atom is -0.387 e. The molecule has 13 nitrogen and oxygen atoms in total. The molecule has 14 heteroatoms. The lowest BCUT2D eigenvalue weighted by Crippen LogP contribution is -2.36. The second-order valence-corrected chi connectivity index (χ2v) is 10.1. The molecule has 184 valence electrons. The van der Waals surface area contributed by atoms with Crippen molar-refractivity contribution in [3.8, 4) is 0 Å². The second-order valence-electron chi connectivity index (χ2n) is 8.52. The Labute approximate surface area is 190 Å². The molecule has 0 amide bonds. The SMILES string of the molecule is COCC1CCN(c2nc(C)nc3c2ncn3[C@@H]2O[C@H](COCP(=O)(O)O)[C@@H](O)[C@H]2O)CC1. The van der Waals surface area contributed by atoms with Crippen LogP contribution in [0.2, 0.25) is 0 Å². The number of anilines is 1. The van der Waals surface area contributed by atoms with Gasteiger partial charge in [0.25, 0.3) is 0 Å². The van der Waals surface area contributed by atoms with Gasteiger partial charge in [0.1, 0.15) is 30.5 Å². The Morgan fingerprint density at radius 2 is 1.91 bits per heavy atom. The molecule has 0 radical (unpaired) electrons. The molecule has 0 aliphatic carbocycles. The number of aliphatic hydroxyl groups excluding tert-OH is 2. The van der Waals surface area contributed by atoms with Gasteiger partial charge in [-0.05, 0) is 25.7 Å². The average molecular weight is 487 g/mol. The third-order valence-corrected chi connectivity index (χ3v) is 6.50. The lowest BCUT2D eigenvalue weighted by atomic mass is 9.98. The van der Waals surface area contributed by atoms with Crippen molar-refractivity contribution in [1.29, 1.82) is 0 Å². The van der Waals surface area contributed by atoms with Gasteiger partial charge in [-0.15, -0.1) is 0 Å². The van der Waals surface area contributed by atoms with Crippen LogP contribution in [-0.4, -0.2) is 97.6 Å². The Hall–Kier alpha value is -1.70. The molecule has 2 aliphatic heterocycles. The molecular weight excluding hydrogens is 457 g/mol. The van der Waals surface area contributed by atoms with E-state index in [2.05, 4.69) is 19.9 Å². The number of ether oxygens (including phenoxy) is 3. The molecular formula is C19H30N5O8P. The number of methoxy groups -OCH3 is 1. The van der Waals surface area contributed by atoms with Crippen LogP contribution in [0.3, 0.4) is 0 Å². The van der Waals surface area contributed by atoms with Crippen molar-refractivity contribution in [2.75, 3.05) is 44.7 Å². The van der Waals surface area contributed by atoms with Gasteiger partial charge in [0, 0.05) is 26.8 Å². The lowest BCUT2D eigenvalue weighted by molar-refractivity contribution is -0.0612. The first-order valence-electron chi connectivity index (χ1n) is 10.8. The molecule has 2 saturated heterocycles. The fourth-order valence-corrected chi connectivity index (χ4v) is 4.69. The van der Waals surface area contributed by atoms with E-state index in [1.807, 2.05) is 0 Å². The molecule has 0 spiro atoms. The summed E-state index contributed by atoms with van der Waals surface area (Å²) in [5.74, 6) is 1.75. The normalized spacial score (nSPS) is 27.0. The smallest absolute Gasteiger partial charge is 0.350 e. The van der Waals surface area contributed by atoms with E-state index in [0.29, 0.717) is 28.7 Å². The molecule has 4 N–H and O–H groups in total. The molecule has 2 aromatic rings. The van der Waals surface area contributed by atoms with Crippen LogP contribution >= 0.6 is 7.60 Å². The molecule has 33 heavy (non-hydrogen) atoms. The number of fused-ring (bicyclic) bond motifs is 1. The monoisotopic (exact) mass is 487 g/mol. The van der Waals surface area contributed by atoms with Crippen molar-refractivity contribution in [3.63, 3.8) is 0 Å². The second kappa shape index (κ2) is 9.88. The quantitative estimate of drug-likeness (QED) is 0.361. The number of hydrogen-bond donors (Lipinski definition) is 4. The maximum atomic E-state index is 11.0. The van der Waals surface area contributed by atoms with Gasteiger partial charge in [-0.1, -0.05) is 0 Å². The Kier molecular flexibility index (Phi) is 7.32. The van der Waals surface area contributed by atoms with E-state index in [1.54, 1.807) is 18.6 Å². The zero-order valence-electron chi connectivity index (χ0n) is 18.5. The summed E-state index contributed by atoms with van der Waals surface area (Å²) in [6, 6.07) is 0. The number of nitrogens with zero attached hydrogens (tertiary/aromatic N) is 5. The third kappa shape index (κ3) is 5.36. The van der Waals surface area contributed by atoms with Gasteiger partial charge < -0.3 is 39.1 Å². The number of aliphatic hydroxyl groups is 2. The Morgan fingerprint density at radius 3 is 2.58 bits per heavy atom. The third-order valence-electron chi connectivity index (χ3n) is 5.98. The first kappa shape index (κ1) is 24.4. The van der Waals surface area contributed by atoms with Crippen molar-refractivity contribution in [3.05, 3.63) is 12.2 Å². The van der Waals surface area contributed by atoms with Gasteiger partial charge in [-0.2, -0.15) is 0 Å². The highest BCUT2D eigenvalue weighted by molar-refractivity contribution is 7.51.